The molecule has 8 N–H and O–H groups in total. The van der Waals surface area contributed by atoms with Crippen molar-refractivity contribution in [3.63, 3.8) is 0 Å². The Kier molecular flexibility index (Phi) is 5.80. The lowest BCUT2D eigenvalue weighted by Gasteiger charge is -2.40. The molecular formula is C10H18N2O8. The molecule has 0 aromatic heterocycles. The first-order chi connectivity index (χ1) is 9.27. The summed E-state index contributed by atoms with van der Waals surface area (Å²) < 4.78 is 4.82. The number of hydrogen-bond acceptors (Lipinski definition) is 8. The highest BCUT2D eigenvalue weighted by Crippen LogP contribution is 2.19. The van der Waals surface area contributed by atoms with E-state index in [1.165, 1.54) is 0 Å². The molecule has 1 fully saturated rings. The predicted octanol–water partition coefficient (Wildman–Crippen LogP) is -4.30. The zero-order valence-corrected chi connectivity index (χ0v) is 10.4. The van der Waals surface area contributed by atoms with E-state index in [0.717, 1.165) is 0 Å². The third-order valence-electron chi connectivity index (χ3n) is 2.94. The molecule has 10 heteroatoms. The summed E-state index contributed by atoms with van der Waals surface area (Å²) in [5.74, 6) is -2.21. The van der Waals surface area contributed by atoms with Gasteiger partial charge in [0.25, 0.3) is 0 Å². The molecule has 1 aliphatic heterocycles. The van der Waals surface area contributed by atoms with Gasteiger partial charge < -0.3 is 41.3 Å². The molecule has 0 aromatic carbocycles. The van der Waals surface area contributed by atoms with Gasteiger partial charge in [0.05, 0.1) is 19.1 Å². The van der Waals surface area contributed by atoms with Crippen LogP contribution in [-0.2, 0) is 14.3 Å². The lowest BCUT2D eigenvalue weighted by atomic mass is 9.96. The van der Waals surface area contributed by atoms with E-state index < -0.39 is 61.6 Å². The number of ether oxygens (including phenoxy) is 1. The summed E-state index contributed by atoms with van der Waals surface area (Å²) in [5.41, 5.74) is 5.31. The summed E-state index contributed by atoms with van der Waals surface area (Å²) in [5, 5.41) is 48.4. The number of aliphatic hydroxyl groups excluding tert-OH is 4. The van der Waals surface area contributed by atoms with Crippen LogP contribution >= 0.6 is 0 Å². The topological polar surface area (TPSA) is 183 Å². The third-order valence-corrected chi connectivity index (χ3v) is 2.94. The SMILES string of the molecule is N[C@@H](CC(=O)O)C(=O)N[C@H]1C(O)O[C@H](CO)[C@@H](O)[C@@H]1O. The number of nitrogens with two attached hydrogens (primary N) is 1. The van der Waals surface area contributed by atoms with Crippen LogP contribution in [0, 0.1) is 0 Å². The van der Waals surface area contributed by atoms with Gasteiger partial charge in [-0.15, -0.1) is 0 Å². The Morgan fingerprint density at radius 1 is 1.25 bits per heavy atom. The quantitative estimate of drug-likeness (QED) is 0.263. The second-order valence-electron chi connectivity index (χ2n) is 4.47. The zero-order valence-electron chi connectivity index (χ0n) is 10.4. The van der Waals surface area contributed by atoms with Crippen molar-refractivity contribution < 1.29 is 39.9 Å². The van der Waals surface area contributed by atoms with E-state index in [-0.39, 0.29) is 0 Å². The van der Waals surface area contributed by atoms with Crippen LogP contribution in [-0.4, -0.2) is 80.7 Å². The number of amides is 1. The van der Waals surface area contributed by atoms with Crippen molar-refractivity contribution in [2.75, 3.05) is 6.61 Å². The molecule has 1 aliphatic rings. The average molecular weight is 294 g/mol. The van der Waals surface area contributed by atoms with Gasteiger partial charge >= 0.3 is 5.97 Å². The first-order valence-corrected chi connectivity index (χ1v) is 5.86. The second-order valence-corrected chi connectivity index (χ2v) is 4.47. The number of hydrogen-bond donors (Lipinski definition) is 7. The van der Waals surface area contributed by atoms with Gasteiger partial charge in [0, 0.05) is 0 Å². The predicted molar refractivity (Wildman–Crippen MR) is 62.1 cm³/mol. The second kappa shape index (κ2) is 6.92. The molecule has 20 heavy (non-hydrogen) atoms. The molecule has 1 saturated heterocycles. The Morgan fingerprint density at radius 3 is 2.35 bits per heavy atom. The van der Waals surface area contributed by atoms with Crippen molar-refractivity contribution in [1.29, 1.82) is 0 Å². The highest BCUT2D eigenvalue weighted by molar-refractivity contribution is 5.86. The monoisotopic (exact) mass is 294 g/mol. The molecule has 0 bridgehead atoms. The van der Waals surface area contributed by atoms with E-state index in [4.69, 9.17) is 20.7 Å². The number of carboxylic acid groups (broad SMARTS) is 1. The van der Waals surface area contributed by atoms with E-state index >= 15 is 0 Å². The molecule has 1 unspecified atom stereocenters. The van der Waals surface area contributed by atoms with Crippen molar-refractivity contribution in [2.45, 2.75) is 43.1 Å². The number of carboxylic acids is 1. The van der Waals surface area contributed by atoms with Crippen molar-refractivity contribution in [3.8, 4) is 0 Å². The Labute approximate surface area is 113 Å². The average Bonchev–Trinajstić information content (AvgIpc) is 2.37. The van der Waals surface area contributed by atoms with E-state index in [2.05, 4.69) is 5.32 Å². The maximum Gasteiger partial charge on any atom is 0.305 e. The summed E-state index contributed by atoms with van der Waals surface area (Å²) in [6.45, 7) is -0.630. The van der Waals surface area contributed by atoms with Crippen LogP contribution in [0.3, 0.4) is 0 Å². The van der Waals surface area contributed by atoms with Crippen molar-refractivity contribution in [2.24, 2.45) is 5.73 Å². The molecule has 1 heterocycles. The molecule has 116 valence electrons. The number of carbonyl (C=O) groups is 2. The number of nitrogens with one attached hydrogen (secondary N) is 1. The van der Waals surface area contributed by atoms with E-state index in [9.17, 15) is 24.9 Å². The fraction of sp³-hybridized carbons (Fsp3) is 0.800. The van der Waals surface area contributed by atoms with E-state index in [1.54, 1.807) is 0 Å². The third kappa shape index (κ3) is 3.85. The van der Waals surface area contributed by atoms with Gasteiger partial charge in [0.15, 0.2) is 6.29 Å². The zero-order chi connectivity index (χ0) is 15.4. The van der Waals surface area contributed by atoms with Gasteiger partial charge in [-0.3, -0.25) is 9.59 Å². The largest absolute Gasteiger partial charge is 0.481 e. The summed E-state index contributed by atoms with van der Waals surface area (Å²) in [6.07, 6.45) is -6.62. The summed E-state index contributed by atoms with van der Waals surface area (Å²) >= 11 is 0. The number of aliphatic hydroxyl groups is 4. The summed E-state index contributed by atoms with van der Waals surface area (Å²) in [6, 6.07) is -2.76. The van der Waals surface area contributed by atoms with Crippen molar-refractivity contribution in [3.05, 3.63) is 0 Å². The Balaban J connectivity index is 2.66. The van der Waals surface area contributed by atoms with Crippen LogP contribution in [0.2, 0.25) is 0 Å². The van der Waals surface area contributed by atoms with Crippen LogP contribution in [0.25, 0.3) is 0 Å². The van der Waals surface area contributed by atoms with Crippen LogP contribution in [0.4, 0.5) is 0 Å². The number of carbonyl (C=O) groups excluding carboxylic acids is 1. The van der Waals surface area contributed by atoms with E-state index in [0.29, 0.717) is 0 Å². The fourth-order valence-electron chi connectivity index (χ4n) is 1.81. The van der Waals surface area contributed by atoms with Crippen molar-refractivity contribution in [1.82, 2.24) is 5.32 Å². The number of rotatable bonds is 5. The lowest BCUT2D eigenvalue weighted by Crippen LogP contribution is -2.65. The lowest BCUT2D eigenvalue weighted by molar-refractivity contribution is -0.253. The minimum Gasteiger partial charge on any atom is -0.481 e. The molecular weight excluding hydrogens is 276 g/mol. The molecule has 10 nitrogen and oxygen atoms in total. The maximum atomic E-state index is 11.6. The smallest absolute Gasteiger partial charge is 0.305 e. The highest BCUT2D eigenvalue weighted by atomic mass is 16.6. The highest BCUT2D eigenvalue weighted by Gasteiger charge is 2.44. The Bertz CT molecular complexity index is 365. The van der Waals surface area contributed by atoms with Gasteiger partial charge in [-0.05, 0) is 0 Å². The van der Waals surface area contributed by atoms with Crippen LogP contribution in [0.1, 0.15) is 6.42 Å². The Hall–Kier alpha value is -1.30. The first-order valence-electron chi connectivity index (χ1n) is 5.86. The van der Waals surface area contributed by atoms with Crippen LogP contribution in [0.5, 0.6) is 0 Å². The summed E-state index contributed by atoms with van der Waals surface area (Å²) in [7, 11) is 0. The minimum absolute atomic E-state index is 0.630. The number of aliphatic carboxylic acids is 1. The molecule has 0 saturated carbocycles. The fourth-order valence-corrected chi connectivity index (χ4v) is 1.81. The normalized spacial score (nSPS) is 35.4. The molecule has 1 amide bonds. The van der Waals surface area contributed by atoms with Gasteiger partial charge in [-0.2, -0.15) is 0 Å². The molecule has 0 spiro atoms. The van der Waals surface area contributed by atoms with Crippen molar-refractivity contribution >= 4 is 11.9 Å². The minimum atomic E-state index is -1.67. The summed E-state index contributed by atoms with van der Waals surface area (Å²) in [4.78, 5) is 22.0. The molecule has 0 radical (unpaired) electrons. The molecule has 0 aromatic rings. The first kappa shape index (κ1) is 16.8. The molecule has 0 aliphatic carbocycles. The molecule has 1 rings (SSSR count). The molecule has 6 atom stereocenters. The maximum absolute atomic E-state index is 11.6. The van der Waals surface area contributed by atoms with Gasteiger partial charge in [0.1, 0.15) is 24.4 Å². The van der Waals surface area contributed by atoms with E-state index in [1.807, 2.05) is 0 Å². The van der Waals surface area contributed by atoms with Crippen LogP contribution in [0.15, 0.2) is 0 Å². The van der Waals surface area contributed by atoms with Gasteiger partial charge in [-0.25, -0.2) is 0 Å². The van der Waals surface area contributed by atoms with Gasteiger partial charge in [-0.1, -0.05) is 0 Å². The standard InChI is InChI=1S/C10H18N2O8/c11-3(1-5(14)15)9(18)12-6-8(17)7(16)4(2-13)20-10(6)19/h3-4,6-8,10,13,16-17,19H,1-2,11H2,(H,12,18)(H,14,15)/t3-,4+,6+,7+,8+,10?/m0/s1. The van der Waals surface area contributed by atoms with Gasteiger partial charge in [0.2, 0.25) is 5.91 Å². The Morgan fingerprint density at radius 2 is 1.85 bits per heavy atom. The van der Waals surface area contributed by atoms with Crippen LogP contribution < -0.4 is 11.1 Å².